The van der Waals surface area contributed by atoms with E-state index in [1.165, 1.54) is 0 Å². The number of rotatable bonds is 3. The quantitative estimate of drug-likeness (QED) is 0.883. The number of thioether (sulfide) groups is 1. The van der Waals surface area contributed by atoms with Crippen molar-refractivity contribution < 1.29 is 9.90 Å². The standard InChI is InChI=1S/C14H19NO2S/c1-10(16)11-6-3-4-7-12(11)15-13(17)14(2)8-5-9-18-14/h3-4,6-7,10,16H,5,8-9H2,1-2H3,(H,15,17). The molecule has 1 heterocycles. The fraction of sp³-hybridized carbons (Fsp3) is 0.500. The second kappa shape index (κ2) is 5.33. The minimum Gasteiger partial charge on any atom is -0.389 e. The molecule has 2 N–H and O–H groups in total. The Kier molecular flexibility index (Phi) is 3.97. The molecule has 2 rings (SSSR count). The van der Waals surface area contributed by atoms with Gasteiger partial charge in [0.25, 0.3) is 0 Å². The minimum atomic E-state index is -0.578. The zero-order valence-electron chi connectivity index (χ0n) is 10.8. The molecule has 1 aliphatic rings. The van der Waals surface area contributed by atoms with Gasteiger partial charge in [0.2, 0.25) is 5.91 Å². The van der Waals surface area contributed by atoms with Gasteiger partial charge in [0.1, 0.15) is 0 Å². The van der Waals surface area contributed by atoms with Gasteiger partial charge in [-0.3, -0.25) is 4.79 Å². The predicted molar refractivity (Wildman–Crippen MR) is 75.8 cm³/mol. The van der Waals surface area contributed by atoms with Gasteiger partial charge in [-0.2, -0.15) is 0 Å². The highest BCUT2D eigenvalue weighted by atomic mass is 32.2. The molecule has 0 aromatic heterocycles. The number of benzene rings is 1. The van der Waals surface area contributed by atoms with Crippen molar-refractivity contribution in [2.24, 2.45) is 0 Å². The summed E-state index contributed by atoms with van der Waals surface area (Å²) in [6.07, 6.45) is 1.43. The molecule has 4 heteroatoms. The molecular formula is C14H19NO2S. The molecule has 1 aromatic carbocycles. The summed E-state index contributed by atoms with van der Waals surface area (Å²) >= 11 is 1.71. The Hall–Kier alpha value is -1.000. The first kappa shape index (κ1) is 13.4. The van der Waals surface area contributed by atoms with Crippen LogP contribution in [0.4, 0.5) is 5.69 Å². The largest absolute Gasteiger partial charge is 0.389 e. The van der Waals surface area contributed by atoms with Crippen LogP contribution < -0.4 is 5.32 Å². The fourth-order valence-corrected chi connectivity index (χ4v) is 3.40. The van der Waals surface area contributed by atoms with E-state index in [1.54, 1.807) is 18.7 Å². The lowest BCUT2D eigenvalue weighted by Crippen LogP contribution is -2.35. The topological polar surface area (TPSA) is 49.3 Å². The van der Waals surface area contributed by atoms with Crippen LogP contribution in [0.3, 0.4) is 0 Å². The van der Waals surface area contributed by atoms with Gasteiger partial charge in [-0.15, -0.1) is 11.8 Å². The molecule has 0 radical (unpaired) electrons. The number of aliphatic hydroxyl groups excluding tert-OH is 1. The van der Waals surface area contributed by atoms with E-state index in [0.717, 1.165) is 24.2 Å². The van der Waals surface area contributed by atoms with E-state index < -0.39 is 6.10 Å². The molecule has 0 saturated carbocycles. The SMILES string of the molecule is CC(O)c1ccccc1NC(=O)C1(C)CCCS1. The summed E-state index contributed by atoms with van der Waals surface area (Å²) in [7, 11) is 0. The summed E-state index contributed by atoms with van der Waals surface area (Å²) in [6.45, 7) is 3.70. The highest BCUT2D eigenvalue weighted by molar-refractivity contribution is 8.01. The second-order valence-corrected chi connectivity index (χ2v) is 6.50. The number of aliphatic hydroxyl groups is 1. The maximum atomic E-state index is 12.3. The van der Waals surface area contributed by atoms with Gasteiger partial charge in [0, 0.05) is 11.3 Å². The Morgan fingerprint density at radius 3 is 2.83 bits per heavy atom. The van der Waals surface area contributed by atoms with Crippen molar-refractivity contribution in [2.45, 2.75) is 37.5 Å². The van der Waals surface area contributed by atoms with Crippen molar-refractivity contribution in [3.8, 4) is 0 Å². The number of hydrogen-bond acceptors (Lipinski definition) is 3. The number of amides is 1. The van der Waals surface area contributed by atoms with Gasteiger partial charge in [-0.25, -0.2) is 0 Å². The van der Waals surface area contributed by atoms with Gasteiger partial charge in [0.15, 0.2) is 0 Å². The number of para-hydroxylation sites is 1. The van der Waals surface area contributed by atoms with Gasteiger partial charge >= 0.3 is 0 Å². The van der Waals surface area contributed by atoms with Crippen LogP contribution in [0.25, 0.3) is 0 Å². The molecule has 1 amide bonds. The Balaban J connectivity index is 2.16. The normalized spacial score (nSPS) is 24.8. The van der Waals surface area contributed by atoms with Crippen LogP contribution >= 0.6 is 11.8 Å². The molecule has 0 bridgehead atoms. The Morgan fingerprint density at radius 1 is 1.50 bits per heavy atom. The number of hydrogen-bond donors (Lipinski definition) is 2. The van der Waals surface area contributed by atoms with E-state index in [2.05, 4.69) is 5.32 Å². The Labute approximate surface area is 112 Å². The molecule has 0 spiro atoms. The molecule has 98 valence electrons. The van der Waals surface area contributed by atoms with Gasteiger partial charge < -0.3 is 10.4 Å². The van der Waals surface area contributed by atoms with Crippen LogP contribution in [-0.2, 0) is 4.79 Å². The van der Waals surface area contributed by atoms with E-state index in [0.29, 0.717) is 5.69 Å². The maximum absolute atomic E-state index is 12.3. The highest BCUT2D eigenvalue weighted by Gasteiger charge is 2.37. The third-order valence-electron chi connectivity index (χ3n) is 3.36. The third-order valence-corrected chi connectivity index (χ3v) is 4.88. The van der Waals surface area contributed by atoms with Crippen molar-refractivity contribution in [2.75, 3.05) is 11.1 Å². The Morgan fingerprint density at radius 2 is 2.22 bits per heavy atom. The molecular weight excluding hydrogens is 246 g/mol. The first-order valence-electron chi connectivity index (χ1n) is 6.25. The predicted octanol–water partition coefficient (Wildman–Crippen LogP) is 2.96. The molecule has 2 unspecified atom stereocenters. The fourth-order valence-electron chi connectivity index (χ4n) is 2.19. The van der Waals surface area contributed by atoms with Crippen molar-refractivity contribution in [3.05, 3.63) is 29.8 Å². The molecule has 0 aliphatic carbocycles. The highest BCUT2D eigenvalue weighted by Crippen LogP contribution is 2.39. The lowest BCUT2D eigenvalue weighted by atomic mass is 10.0. The maximum Gasteiger partial charge on any atom is 0.240 e. The van der Waals surface area contributed by atoms with Gasteiger partial charge in [-0.05, 0) is 38.5 Å². The van der Waals surface area contributed by atoms with Gasteiger partial charge in [0.05, 0.1) is 10.9 Å². The minimum absolute atomic E-state index is 0.0399. The van der Waals surface area contributed by atoms with Crippen molar-refractivity contribution in [3.63, 3.8) is 0 Å². The lowest BCUT2D eigenvalue weighted by Gasteiger charge is -2.23. The van der Waals surface area contributed by atoms with Gasteiger partial charge in [-0.1, -0.05) is 18.2 Å². The van der Waals surface area contributed by atoms with Crippen molar-refractivity contribution in [1.82, 2.24) is 0 Å². The molecule has 3 nitrogen and oxygen atoms in total. The smallest absolute Gasteiger partial charge is 0.240 e. The lowest BCUT2D eigenvalue weighted by molar-refractivity contribution is -0.118. The van der Waals surface area contributed by atoms with E-state index in [-0.39, 0.29) is 10.7 Å². The number of carbonyl (C=O) groups excluding carboxylic acids is 1. The van der Waals surface area contributed by atoms with E-state index in [4.69, 9.17) is 0 Å². The summed E-state index contributed by atoms with van der Waals surface area (Å²) in [5.74, 6) is 1.08. The molecule has 18 heavy (non-hydrogen) atoms. The van der Waals surface area contributed by atoms with Crippen molar-refractivity contribution >= 4 is 23.4 Å². The second-order valence-electron chi connectivity index (χ2n) is 4.90. The number of carbonyl (C=O) groups is 1. The number of nitrogens with one attached hydrogen (secondary N) is 1. The van der Waals surface area contributed by atoms with E-state index in [9.17, 15) is 9.90 Å². The first-order valence-corrected chi connectivity index (χ1v) is 7.24. The monoisotopic (exact) mass is 265 g/mol. The zero-order chi connectivity index (χ0) is 13.2. The van der Waals surface area contributed by atoms with E-state index in [1.807, 2.05) is 31.2 Å². The van der Waals surface area contributed by atoms with Crippen LogP contribution in [-0.4, -0.2) is 21.5 Å². The van der Waals surface area contributed by atoms with Crippen molar-refractivity contribution in [1.29, 1.82) is 0 Å². The molecule has 1 saturated heterocycles. The molecule has 1 aromatic rings. The third kappa shape index (κ3) is 2.70. The molecule has 2 atom stereocenters. The molecule has 1 aliphatic heterocycles. The summed E-state index contributed by atoms with van der Waals surface area (Å²) in [4.78, 5) is 12.3. The summed E-state index contributed by atoms with van der Waals surface area (Å²) < 4.78 is -0.328. The Bertz CT molecular complexity index is 439. The van der Waals surface area contributed by atoms with Crippen LogP contribution in [0.5, 0.6) is 0 Å². The van der Waals surface area contributed by atoms with E-state index >= 15 is 0 Å². The zero-order valence-corrected chi connectivity index (χ0v) is 11.6. The summed E-state index contributed by atoms with van der Waals surface area (Å²) in [6, 6.07) is 7.41. The summed E-state index contributed by atoms with van der Waals surface area (Å²) in [5.41, 5.74) is 1.48. The molecule has 1 fully saturated rings. The van der Waals surface area contributed by atoms with Crippen LogP contribution in [0.1, 0.15) is 38.4 Å². The first-order chi connectivity index (χ1) is 8.53. The van der Waals surface area contributed by atoms with Crippen LogP contribution in [0, 0.1) is 0 Å². The number of anilines is 1. The van der Waals surface area contributed by atoms with Crippen LogP contribution in [0.15, 0.2) is 24.3 Å². The average molecular weight is 265 g/mol. The van der Waals surface area contributed by atoms with Crippen LogP contribution in [0.2, 0.25) is 0 Å². The average Bonchev–Trinajstić information content (AvgIpc) is 2.78. The summed E-state index contributed by atoms with van der Waals surface area (Å²) in [5, 5.41) is 12.6.